The predicted molar refractivity (Wildman–Crippen MR) is 101 cm³/mol. The number of carbonyl (C=O) groups is 2. The van der Waals surface area contributed by atoms with Crippen LogP contribution in [0, 0.1) is 5.41 Å². The Balaban J connectivity index is 1.86. The number of nitrogens with one attached hydrogen (secondary N) is 1. The lowest BCUT2D eigenvalue weighted by Crippen LogP contribution is -2.19. The van der Waals surface area contributed by atoms with Crippen LogP contribution in [-0.2, 0) is 4.79 Å². The molecule has 0 heterocycles. The molecule has 0 atom stereocenters. The minimum Gasteiger partial charge on any atom is -0.326 e. The van der Waals surface area contributed by atoms with Gasteiger partial charge >= 0.3 is 0 Å². The van der Waals surface area contributed by atoms with Crippen LogP contribution in [-0.4, -0.2) is 17.4 Å². The van der Waals surface area contributed by atoms with Crippen LogP contribution in [0.2, 0.25) is 0 Å². The van der Waals surface area contributed by atoms with E-state index in [0.717, 1.165) is 16.1 Å². The largest absolute Gasteiger partial charge is 0.326 e. The van der Waals surface area contributed by atoms with Gasteiger partial charge in [0.2, 0.25) is 5.91 Å². The van der Waals surface area contributed by atoms with Crippen molar-refractivity contribution in [3.63, 3.8) is 0 Å². The maximum absolute atomic E-state index is 12.1. The highest BCUT2D eigenvalue weighted by Gasteiger charge is 2.15. The Kier molecular flexibility index (Phi) is 6.21. The second kappa shape index (κ2) is 8.15. The molecule has 1 amide bonds. The van der Waals surface area contributed by atoms with Gasteiger partial charge in [-0.2, -0.15) is 0 Å². The number of hydrogen-bond acceptors (Lipinski definition) is 3. The number of benzene rings is 2. The van der Waals surface area contributed by atoms with Crippen molar-refractivity contribution >= 4 is 29.1 Å². The molecule has 126 valence electrons. The van der Waals surface area contributed by atoms with Crippen molar-refractivity contribution in [3.8, 4) is 0 Å². The zero-order chi connectivity index (χ0) is 17.6. The average molecular weight is 341 g/mol. The number of ketones is 1. The minimum absolute atomic E-state index is 0.0159. The quantitative estimate of drug-likeness (QED) is 0.591. The Morgan fingerprint density at radius 2 is 1.58 bits per heavy atom. The van der Waals surface area contributed by atoms with E-state index in [1.54, 1.807) is 0 Å². The number of carbonyl (C=O) groups excluding carboxylic acids is 2. The first kappa shape index (κ1) is 18.3. The Morgan fingerprint density at radius 1 is 0.958 bits per heavy atom. The van der Waals surface area contributed by atoms with E-state index < -0.39 is 0 Å². The molecule has 0 saturated heterocycles. The van der Waals surface area contributed by atoms with Crippen LogP contribution < -0.4 is 5.32 Å². The molecule has 0 spiro atoms. The summed E-state index contributed by atoms with van der Waals surface area (Å²) in [4.78, 5) is 25.0. The number of amides is 1. The van der Waals surface area contributed by atoms with E-state index in [9.17, 15) is 9.59 Å². The number of Topliss-reactive ketones (excluding diaryl/α,β-unsaturated/α-hetero) is 1. The molecule has 0 aromatic heterocycles. The molecule has 0 aliphatic rings. The van der Waals surface area contributed by atoms with Gasteiger partial charge in [-0.15, -0.1) is 11.8 Å². The number of anilines is 1. The van der Waals surface area contributed by atoms with Crippen LogP contribution in [0.3, 0.4) is 0 Å². The second-order valence-electron chi connectivity index (χ2n) is 6.89. The molecule has 0 radical (unpaired) electrons. The first-order chi connectivity index (χ1) is 11.3. The van der Waals surface area contributed by atoms with E-state index in [0.29, 0.717) is 12.2 Å². The number of rotatable bonds is 6. The van der Waals surface area contributed by atoms with Gasteiger partial charge in [-0.3, -0.25) is 9.59 Å². The maximum atomic E-state index is 12.1. The van der Waals surface area contributed by atoms with Crippen molar-refractivity contribution in [2.24, 2.45) is 5.41 Å². The standard InChI is InChI=1S/C20H23NO2S/c1-20(2,3)13-19(23)21-16-9-11-17(12-10-16)24-14-18(22)15-7-5-4-6-8-15/h4-12H,13-14H2,1-3H3,(H,21,23). The first-order valence-corrected chi connectivity index (χ1v) is 8.93. The SMILES string of the molecule is CC(C)(C)CC(=O)Nc1ccc(SCC(=O)c2ccccc2)cc1. The summed E-state index contributed by atoms with van der Waals surface area (Å²) < 4.78 is 0. The third-order valence-electron chi connectivity index (χ3n) is 3.29. The summed E-state index contributed by atoms with van der Waals surface area (Å²) in [5.74, 6) is 0.532. The van der Waals surface area contributed by atoms with E-state index in [4.69, 9.17) is 0 Å². The molecule has 2 aromatic carbocycles. The fourth-order valence-corrected chi connectivity index (χ4v) is 2.97. The molecular formula is C20H23NO2S. The third-order valence-corrected chi connectivity index (χ3v) is 4.31. The van der Waals surface area contributed by atoms with E-state index in [1.807, 2.05) is 75.4 Å². The number of hydrogen-bond donors (Lipinski definition) is 1. The summed E-state index contributed by atoms with van der Waals surface area (Å²) in [5.41, 5.74) is 1.48. The summed E-state index contributed by atoms with van der Waals surface area (Å²) in [5, 5.41) is 2.90. The van der Waals surface area contributed by atoms with Gasteiger partial charge in [0, 0.05) is 22.6 Å². The van der Waals surface area contributed by atoms with Crippen LogP contribution in [0.1, 0.15) is 37.6 Å². The third kappa shape index (κ3) is 6.20. The normalized spacial score (nSPS) is 11.1. The average Bonchev–Trinajstić information content (AvgIpc) is 2.53. The molecule has 0 unspecified atom stereocenters. The van der Waals surface area contributed by atoms with Crippen molar-refractivity contribution < 1.29 is 9.59 Å². The lowest BCUT2D eigenvalue weighted by atomic mass is 9.92. The van der Waals surface area contributed by atoms with E-state index in [-0.39, 0.29) is 17.1 Å². The molecule has 3 nitrogen and oxygen atoms in total. The fourth-order valence-electron chi connectivity index (χ4n) is 2.18. The molecule has 24 heavy (non-hydrogen) atoms. The van der Waals surface area contributed by atoms with Crippen molar-refractivity contribution in [1.82, 2.24) is 0 Å². The van der Waals surface area contributed by atoms with Crippen molar-refractivity contribution in [3.05, 3.63) is 60.2 Å². The highest BCUT2D eigenvalue weighted by molar-refractivity contribution is 8.00. The molecule has 0 aliphatic carbocycles. The van der Waals surface area contributed by atoms with Crippen LogP contribution in [0.4, 0.5) is 5.69 Å². The molecular weight excluding hydrogens is 318 g/mol. The van der Waals surface area contributed by atoms with Crippen LogP contribution in [0.15, 0.2) is 59.5 Å². The van der Waals surface area contributed by atoms with Crippen molar-refractivity contribution in [1.29, 1.82) is 0 Å². The van der Waals surface area contributed by atoms with Gasteiger partial charge in [0.25, 0.3) is 0 Å². The topological polar surface area (TPSA) is 46.2 Å². The van der Waals surface area contributed by atoms with Crippen LogP contribution >= 0.6 is 11.8 Å². The second-order valence-corrected chi connectivity index (χ2v) is 7.94. The van der Waals surface area contributed by atoms with Gasteiger partial charge in [-0.1, -0.05) is 51.1 Å². The van der Waals surface area contributed by atoms with Crippen LogP contribution in [0.5, 0.6) is 0 Å². The molecule has 4 heteroatoms. The lowest BCUT2D eigenvalue weighted by molar-refractivity contribution is -0.117. The molecule has 2 aromatic rings. The van der Waals surface area contributed by atoms with E-state index >= 15 is 0 Å². The summed E-state index contributed by atoms with van der Waals surface area (Å²) >= 11 is 1.50. The summed E-state index contributed by atoms with van der Waals surface area (Å²) in [6.45, 7) is 6.11. The molecule has 0 bridgehead atoms. The van der Waals surface area contributed by atoms with Crippen LogP contribution in [0.25, 0.3) is 0 Å². The monoisotopic (exact) mass is 341 g/mol. The van der Waals surface area contributed by atoms with Crippen molar-refractivity contribution in [2.45, 2.75) is 32.1 Å². The zero-order valence-corrected chi connectivity index (χ0v) is 15.2. The fraction of sp³-hybridized carbons (Fsp3) is 0.300. The Labute approximate surface area is 147 Å². The Hall–Kier alpha value is -2.07. The van der Waals surface area contributed by atoms with Gasteiger partial charge in [0.15, 0.2) is 5.78 Å². The highest BCUT2D eigenvalue weighted by atomic mass is 32.2. The van der Waals surface area contributed by atoms with Gasteiger partial charge in [0.1, 0.15) is 0 Å². The minimum atomic E-state index is -0.0301. The van der Waals surface area contributed by atoms with E-state index in [2.05, 4.69) is 5.32 Å². The Bertz CT molecular complexity index is 688. The molecule has 0 saturated carbocycles. The summed E-state index contributed by atoms with van der Waals surface area (Å²) in [6, 6.07) is 16.9. The number of thioether (sulfide) groups is 1. The molecule has 1 N–H and O–H groups in total. The molecule has 2 rings (SSSR count). The summed E-state index contributed by atoms with van der Waals surface area (Å²) in [6.07, 6.45) is 0.481. The maximum Gasteiger partial charge on any atom is 0.224 e. The predicted octanol–water partition coefficient (Wildman–Crippen LogP) is 5.04. The molecule has 0 aliphatic heterocycles. The highest BCUT2D eigenvalue weighted by Crippen LogP contribution is 2.23. The van der Waals surface area contributed by atoms with Crippen molar-refractivity contribution in [2.75, 3.05) is 11.1 Å². The summed E-state index contributed by atoms with van der Waals surface area (Å²) in [7, 11) is 0. The smallest absolute Gasteiger partial charge is 0.224 e. The van der Waals surface area contributed by atoms with Gasteiger partial charge < -0.3 is 5.32 Å². The first-order valence-electron chi connectivity index (χ1n) is 7.94. The van der Waals surface area contributed by atoms with Gasteiger partial charge in [0.05, 0.1) is 5.75 Å². The molecule has 0 fully saturated rings. The van der Waals surface area contributed by atoms with Gasteiger partial charge in [-0.05, 0) is 29.7 Å². The van der Waals surface area contributed by atoms with Gasteiger partial charge in [-0.25, -0.2) is 0 Å². The Morgan fingerprint density at radius 3 is 2.17 bits per heavy atom. The lowest BCUT2D eigenvalue weighted by Gasteiger charge is -2.17. The zero-order valence-electron chi connectivity index (χ0n) is 14.3. The van der Waals surface area contributed by atoms with E-state index in [1.165, 1.54) is 11.8 Å².